The van der Waals surface area contributed by atoms with Crippen LogP contribution in [-0.4, -0.2) is 15.6 Å². The van der Waals surface area contributed by atoms with Gasteiger partial charge in [0.15, 0.2) is 0 Å². The highest BCUT2D eigenvalue weighted by Crippen LogP contribution is 1.95. The Morgan fingerprint density at radius 2 is 2.29 bits per heavy atom. The largest absolute Gasteiger partial charge is 1.00 e. The Morgan fingerprint density at radius 1 is 1.64 bits per heavy atom. The fraction of sp³-hybridized carbons (Fsp3) is 0.556. The number of carboxylic acids is 1. The van der Waals surface area contributed by atoms with Gasteiger partial charge < -0.3 is 22.1 Å². The van der Waals surface area contributed by atoms with Crippen LogP contribution in [0.15, 0.2) is 12.5 Å². The normalized spacial score (nSPS) is 9.57. The highest BCUT2D eigenvalue weighted by molar-refractivity contribution is 5.84. The first-order valence-corrected chi connectivity index (χ1v) is 4.44. The average molecular weight is 263 g/mol. The fourth-order valence-corrected chi connectivity index (χ4v) is 1.24. The Balaban J connectivity index is 0.00000169. The maximum Gasteiger partial charge on any atom is 0.379 e. The average Bonchev–Trinajstić information content (AvgIpc) is 2.43. The number of aryl methyl sites for hydroxylation is 2. The highest BCUT2D eigenvalue weighted by atomic mass is 79.9. The van der Waals surface area contributed by atoms with Crippen LogP contribution in [0.5, 0.6) is 0 Å². The first kappa shape index (κ1) is 13.2. The van der Waals surface area contributed by atoms with Gasteiger partial charge in [0.05, 0.1) is 13.6 Å². The molecule has 0 aliphatic heterocycles. The van der Waals surface area contributed by atoms with E-state index in [0.29, 0.717) is 5.69 Å². The van der Waals surface area contributed by atoms with Crippen molar-refractivity contribution in [2.45, 2.75) is 26.3 Å². The first-order chi connectivity index (χ1) is 6.15. The number of unbranched alkanes of at least 4 members (excludes halogenated alkanes) is 1. The molecule has 5 heteroatoms. The topological polar surface area (TPSA) is 46.1 Å². The van der Waals surface area contributed by atoms with Crippen LogP contribution >= 0.6 is 0 Å². The van der Waals surface area contributed by atoms with E-state index in [1.807, 2.05) is 4.57 Å². The summed E-state index contributed by atoms with van der Waals surface area (Å²) >= 11 is 0. The number of halogens is 1. The number of aromatic carboxylic acids is 1. The molecule has 80 valence electrons. The molecule has 0 saturated carbocycles. The molecule has 4 nitrogen and oxygen atoms in total. The number of aromatic nitrogens is 2. The Bertz CT molecular complexity index is 310. The van der Waals surface area contributed by atoms with E-state index >= 15 is 0 Å². The van der Waals surface area contributed by atoms with Crippen molar-refractivity contribution in [2.75, 3.05) is 0 Å². The number of imidazole rings is 1. The van der Waals surface area contributed by atoms with Gasteiger partial charge >= 0.3 is 5.97 Å². The molecule has 0 saturated heterocycles. The molecular formula is C9H15BrN2O2. The lowest BCUT2D eigenvalue weighted by Gasteiger charge is -1.90. The van der Waals surface area contributed by atoms with Crippen molar-refractivity contribution in [1.82, 2.24) is 4.57 Å². The molecule has 0 amide bonds. The van der Waals surface area contributed by atoms with Gasteiger partial charge in [-0.3, -0.25) is 0 Å². The van der Waals surface area contributed by atoms with Crippen LogP contribution in [-0.2, 0) is 13.6 Å². The molecule has 0 aromatic carbocycles. The van der Waals surface area contributed by atoms with Gasteiger partial charge in [0.2, 0.25) is 6.33 Å². The highest BCUT2D eigenvalue weighted by Gasteiger charge is 2.16. The van der Waals surface area contributed by atoms with Crippen molar-refractivity contribution in [2.24, 2.45) is 7.05 Å². The summed E-state index contributed by atoms with van der Waals surface area (Å²) in [6.45, 7) is 3.00. The molecule has 0 aliphatic carbocycles. The van der Waals surface area contributed by atoms with Crippen LogP contribution in [0.1, 0.15) is 30.3 Å². The van der Waals surface area contributed by atoms with Gasteiger partial charge in [-0.25, -0.2) is 13.9 Å². The van der Waals surface area contributed by atoms with E-state index in [-0.39, 0.29) is 17.0 Å². The summed E-state index contributed by atoms with van der Waals surface area (Å²) in [5, 5.41) is 8.77. The summed E-state index contributed by atoms with van der Waals surface area (Å²) in [6, 6.07) is 0. The summed E-state index contributed by atoms with van der Waals surface area (Å²) in [5.41, 5.74) is 0.330. The second kappa shape index (κ2) is 5.80. The van der Waals surface area contributed by atoms with Gasteiger partial charge in [0.1, 0.15) is 6.20 Å². The predicted octanol–water partition coefficient (Wildman–Crippen LogP) is -2.19. The fourth-order valence-electron chi connectivity index (χ4n) is 1.24. The second-order valence-electron chi connectivity index (χ2n) is 3.14. The van der Waals surface area contributed by atoms with E-state index < -0.39 is 5.97 Å². The maximum absolute atomic E-state index is 10.7. The number of carboxylic acid groups (broad SMARTS) is 1. The Morgan fingerprint density at radius 3 is 2.71 bits per heavy atom. The van der Waals surface area contributed by atoms with Crippen molar-refractivity contribution < 1.29 is 31.4 Å². The maximum atomic E-state index is 10.7. The van der Waals surface area contributed by atoms with Crippen molar-refractivity contribution >= 4 is 5.97 Å². The molecule has 0 atom stereocenters. The van der Waals surface area contributed by atoms with E-state index in [1.165, 1.54) is 0 Å². The molecule has 0 spiro atoms. The Hall–Kier alpha value is -0.840. The molecule has 1 rings (SSSR count). The van der Waals surface area contributed by atoms with Crippen LogP contribution in [0.3, 0.4) is 0 Å². The lowest BCUT2D eigenvalue weighted by molar-refractivity contribution is -0.696. The zero-order valence-electron chi connectivity index (χ0n) is 8.40. The van der Waals surface area contributed by atoms with Gasteiger partial charge in [-0.15, -0.1) is 0 Å². The molecule has 0 fully saturated rings. The van der Waals surface area contributed by atoms with Crippen LogP contribution in [0.2, 0.25) is 0 Å². The molecule has 1 N–H and O–H groups in total. The molecule has 1 aromatic rings. The third-order valence-electron chi connectivity index (χ3n) is 1.98. The molecule has 0 unspecified atom stereocenters. The van der Waals surface area contributed by atoms with E-state index in [1.54, 1.807) is 24.1 Å². The summed E-state index contributed by atoms with van der Waals surface area (Å²) in [4.78, 5) is 10.7. The van der Waals surface area contributed by atoms with Crippen LogP contribution in [0, 0.1) is 0 Å². The van der Waals surface area contributed by atoms with Crippen molar-refractivity contribution in [3.63, 3.8) is 0 Å². The molecule has 0 radical (unpaired) electrons. The number of hydrogen-bond donors (Lipinski definition) is 1. The van der Waals surface area contributed by atoms with E-state index in [0.717, 1.165) is 19.4 Å². The third kappa shape index (κ3) is 3.14. The lowest BCUT2D eigenvalue weighted by Crippen LogP contribution is -3.00. The monoisotopic (exact) mass is 262 g/mol. The minimum atomic E-state index is -0.877. The molecule has 0 bridgehead atoms. The summed E-state index contributed by atoms with van der Waals surface area (Å²) < 4.78 is 3.53. The molecule has 0 aliphatic rings. The molecule has 1 aromatic heterocycles. The van der Waals surface area contributed by atoms with Gasteiger partial charge in [-0.1, -0.05) is 13.3 Å². The molecule has 14 heavy (non-hydrogen) atoms. The first-order valence-electron chi connectivity index (χ1n) is 4.44. The van der Waals surface area contributed by atoms with Crippen molar-refractivity contribution in [1.29, 1.82) is 0 Å². The summed E-state index contributed by atoms with van der Waals surface area (Å²) in [5.74, 6) is -0.877. The summed E-state index contributed by atoms with van der Waals surface area (Å²) in [7, 11) is 1.74. The Kier molecular flexibility index (Phi) is 5.45. The molecular weight excluding hydrogens is 248 g/mol. The predicted molar refractivity (Wildman–Crippen MR) is 47.5 cm³/mol. The van der Waals surface area contributed by atoms with E-state index in [4.69, 9.17) is 5.11 Å². The SMILES string of the molecule is CCCC[n+]1cc(C(=O)O)n(C)c1.[Br-]. The van der Waals surface area contributed by atoms with E-state index in [9.17, 15) is 4.79 Å². The number of nitrogens with zero attached hydrogens (tertiary/aromatic N) is 2. The second-order valence-corrected chi connectivity index (χ2v) is 3.14. The van der Waals surface area contributed by atoms with Crippen LogP contribution in [0.25, 0.3) is 0 Å². The van der Waals surface area contributed by atoms with Crippen molar-refractivity contribution in [3.8, 4) is 0 Å². The number of carbonyl (C=O) groups is 1. The number of rotatable bonds is 4. The quantitative estimate of drug-likeness (QED) is 0.628. The zero-order valence-corrected chi connectivity index (χ0v) is 9.99. The van der Waals surface area contributed by atoms with Crippen LogP contribution < -0.4 is 21.5 Å². The Labute approximate surface area is 93.9 Å². The third-order valence-corrected chi connectivity index (χ3v) is 1.98. The smallest absolute Gasteiger partial charge is 0.379 e. The standard InChI is InChI=1S/C9H14N2O2.BrH/c1-3-4-5-11-6-8(9(12)13)10(2)7-11;/h6-7H,3-5H2,1-2H3;1H. The molecule has 1 heterocycles. The lowest BCUT2D eigenvalue weighted by atomic mass is 10.3. The minimum absolute atomic E-state index is 0. The van der Waals surface area contributed by atoms with Crippen LogP contribution in [0.4, 0.5) is 0 Å². The van der Waals surface area contributed by atoms with Gasteiger partial charge in [0.25, 0.3) is 5.69 Å². The zero-order chi connectivity index (χ0) is 9.84. The van der Waals surface area contributed by atoms with Gasteiger partial charge in [0, 0.05) is 0 Å². The summed E-state index contributed by atoms with van der Waals surface area (Å²) in [6.07, 6.45) is 5.66. The van der Waals surface area contributed by atoms with Crippen molar-refractivity contribution in [3.05, 3.63) is 18.2 Å². The van der Waals surface area contributed by atoms with E-state index in [2.05, 4.69) is 6.92 Å². The number of hydrogen-bond acceptors (Lipinski definition) is 1. The minimum Gasteiger partial charge on any atom is -1.00 e. The van der Waals surface area contributed by atoms with Gasteiger partial charge in [-0.2, -0.15) is 0 Å². The van der Waals surface area contributed by atoms with Gasteiger partial charge in [-0.05, 0) is 6.42 Å².